The van der Waals surface area contributed by atoms with Gasteiger partial charge in [-0.15, -0.1) is 11.3 Å². The van der Waals surface area contributed by atoms with Crippen LogP contribution >= 0.6 is 11.3 Å². The van der Waals surface area contributed by atoms with Gasteiger partial charge in [-0.1, -0.05) is 170 Å². The van der Waals surface area contributed by atoms with Gasteiger partial charge < -0.3 is 4.42 Å². The van der Waals surface area contributed by atoms with Crippen molar-refractivity contribution in [3.63, 3.8) is 0 Å². The Hall–Kier alpha value is -7.21. The van der Waals surface area contributed by atoms with Gasteiger partial charge in [-0.25, -0.2) is 15.0 Å². The summed E-state index contributed by atoms with van der Waals surface area (Å²) >= 11 is 1.83. The number of furan rings is 1. The van der Waals surface area contributed by atoms with E-state index in [1.807, 2.05) is 29.5 Å². The number of thiophene rings is 1. The number of hydrogen-bond acceptors (Lipinski definition) is 5. The van der Waals surface area contributed by atoms with Crippen LogP contribution in [0.4, 0.5) is 0 Å². The minimum absolute atomic E-state index is 0.581. The largest absolute Gasteiger partial charge is 0.455 e. The maximum atomic E-state index is 6.82. The standard InChI is InChI=1S/C51H31N3OS/c1-3-13-32(14-4-1)33-25-27-35(28-26-33)49-52-50(54-51(53-49)44-19-8-7-17-37(44)34-15-5-2-6-16-34)36-29-30-38-40-20-11-21-41(47(40)55-45(38)31-36)43-23-12-22-42-39-18-9-10-24-46(39)56-48(42)43/h1-31H. The first-order valence-electron chi connectivity index (χ1n) is 18.7. The summed E-state index contributed by atoms with van der Waals surface area (Å²) in [5.41, 5.74) is 11.1. The van der Waals surface area contributed by atoms with Crippen molar-refractivity contribution in [1.82, 2.24) is 15.0 Å². The van der Waals surface area contributed by atoms with Gasteiger partial charge >= 0.3 is 0 Å². The van der Waals surface area contributed by atoms with Gasteiger partial charge in [0.25, 0.3) is 0 Å². The van der Waals surface area contributed by atoms with E-state index in [0.29, 0.717) is 17.5 Å². The lowest BCUT2D eigenvalue weighted by atomic mass is 9.99. The van der Waals surface area contributed by atoms with Crippen LogP contribution in [0.2, 0.25) is 0 Å². The van der Waals surface area contributed by atoms with Crippen molar-refractivity contribution in [2.75, 3.05) is 0 Å². The lowest BCUT2D eigenvalue weighted by molar-refractivity contribution is 0.670. The molecule has 0 saturated heterocycles. The highest BCUT2D eigenvalue weighted by Crippen LogP contribution is 2.44. The van der Waals surface area contributed by atoms with Crippen LogP contribution in [0.3, 0.4) is 0 Å². The summed E-state index contributed by atoms with van der Waals surface area (Å²) in [5, 5.41) is 4.68. The van der Waals surface area contributed by atoms with Crippen LogP contribution in [0.15, 0.2) is 192 Å². The zero-order chi connectivity index (χ0) is 37.0. The highest BCUT2D eigenvalue weighted by atomic mass is 32.1. The van der Waals surface area contributed by atoms with E-state index in [4.69, 9.17) is 19.4 Å². The van der Waals surface area contributed by atoms with Gasteiger partial charge in [0, 0.05) is 58.8 Å². The molecule has 0 saturated carbocycles. The Bertz CT molecular complexity index is 3240. The average molecular weight is 734 g/mol. The third-order valence-corrected chi connectivity index (χ3v) is 11.8. The maximum absolute atomic E-state index is 6.82. The maximum Gasteiger partial charge on any atom is 0.164 e. The predicted octanol–water partition coefficient (Wildman–Crippen LogP) is 14.1. The monoisotopic (exact) mass is 733 g/mol. The second kappa shape index (κ2) is 13.3. The van der Waals surface area contributed by atoms with Gasteiger partial charge in [-0.3, -0.25) is 0 Å². The molecule has 11 rings (SSSR count). The Kier molecular flexibility index (Phi) is 7.64. The first kappa shape index (κ1) is 32.2. The smallest absolute Gasteiger partial charge is 0.164 e. The number of aromatic nitrogens is 3. The van der Waals surface area contributed by atoms with E-state index in [2.05, 4.69) is 170 Å². The quantitative estimate of drug-likeness (QED) is 0.171. The van der Waals surface area contributed by atoms with E-state index in [-0.39, 0.29) is 0 Å². The van der Waals surface area contributed by atoms with Crippen molar-refractivity contribution in [1.29, 1.82) is 0 Å². The normalized spacial score (nSPS) is 11.6. The molecular weight excluding hydrogens is 703 g/mol. The highest BCUT2D eigenvalue weighted by Gasteiger charge is 2.19. The molecule has 0 aliphatic carbocycles. The second-order valence-corrected chi connectivity index (χ2v) is 15.0. The molecule has 0 N–H and O–H groups in total. The number of hydrogen-bond donors (Lipinski definition) is 0. The Morgan fingerprint density at radius 2 is 0.893 bits per heavy atom. The van der Waals surface area contributed by atoms with Gasteiger partial charge in [0.05, 0.1) is 0 Å². The summed E-state index contributed by atoms with van der Waals surface area (Å²) in [4.78, 5) is 15.4. The summed E-state index contributed by atoms with van der Waals surface area (Å²) in [6.07, 6.45) is 0. The second-order valence-electron chi connectivity index (χ2n) is 13.9. The molecule has 56 heavy (non-hydrogen) atoms. The van der Waals surface area contributed by atoms with Crippen molar-refractivity contribution >= 4 is 53.4 Å². The molecule has 0 spiro atoms. The molecule has 0 amide bonds. The predicted molar refractivity (Wildman–Crippen MR) is 233 cm³/mol. The van der Waals surface area contributed by atoms with E-state index < -0.39 is 0 Å². The minimum atomic E-state index is 0.581. The van der Waals surface area contributed by atoms with Crippen LogP contribution < -0.4 is 0 Å². The molecule has 0 radical (unpaired) electrons. The molecule has 0 bridgehead atoms. The van der Waals surface area contributed by atoms with E-state index >= 15 is 0 Å². The van der Waals surface area contributed by atoms with E-state index in [1.54, 1.807) is 0 Å². The average Bonchev–Trinajstić information content (AvgIpc) is 3.85. The minimum Gasteiger partial charge on any atom is -0.455 e. The molecule has 5 heteroatoms. The summed E-state index contributed by atoms with van der Waals surface area (Å²) in [5.74, 6) is 1.80. The number of nitrogens with zero attached hydrogens (tertiary/aromatic N) is 3. The molecule has 4 nitrogen and oxygen atoms in total. The third-order valence-electron chi connectivity index (χ3n) is 10.6. The fourth-order valence-corrected chi connectivity index (χ4v) is 9.08. The van der Waals surface area contributed by atoms with Crippen molar-refractivity contribution in [2.24, 2.45) is 0 Å². The molecule has 0 atom stereocenters. The summed E-state index contributed by atoms with van der Waals surface area (Å²) in [7, 11) is 0. The summed E-state index contributed by atoms with van der Waals surface area (Å²) in [6, 6.07) is 65.5. The zero-order valence-electron chi connectivity index (χ0n) is 30.1. The number of fused-ring (bicyclic) bond motifs is 6. The van der Waals surface area contributed by atoms with Crippen molar-refractivity contribution in [3.8, 4) is 67.5 Å². The Morgan fingerprint density at radius 1 is 0.339 bits per heavy atom. The van der Waals surface area contributed by atoms with E-state index in [9.17, 15) is 0 Å². The van der Waals surface area contributed by atoms with Crippen LogP contribution in [0.1, 0.15) is 0 Å². The van der Waals surface area contributed by atoms with E-state index in [0.717, 1.165) is 66.4 Å². The molecular formula is C51H31N3OS. The molecule has 11 aromatic rings. The Morgan fingerprint density at radius 3 is 1.70 bits per heavy atom. The summed E-state index contributed by atoms with van der Waals surface area (Å²) in [6.45, 7) is 0. The topological polar surface area (TPSA) is 51.8 Å². The van der Waals surface area contributed by atoms with Crippen LogP contribution in [0, 0.1) is 0 Å². The Balaban J connectivity index is 1.07. The van der Waals surface area contributed by atoms with Gasteiger partial charge in [-0.2, -0.15) is 0 Å². The van der Waals surface area contributed by atoms with Crippen LogP contribution in [0.5, 0.6) is 0 Å². The molecule has 3 heterocycles. The number of para-hydroxylation sites is 1. The third kappa shape index (κ3) is 5.48. The molecule has 8 aromatic carbocycles. The van der Waals surface area contributed by atoms with Crippen molar-refractivity contribution < 1.29 is 4.42 Å². The highest BCUT2D eigenvalue weighted by molar-refractivity contribution is 7.26. The lowest BCUT2D eigenvalue weighted by Gasteiger charge is -2.12. The summed E-state index contributed by atoms with van der Waals surface area (Å²) < 4.78 is 9.37. The lowest BCUT2D eigenvalue weighted by Crippen LogP contribution is -2.01. The van der Waals surface area contributed by atoms with Crippen molar-refractivity contribution in [2.45, 2.75) is 0 Å². The Labute approximate surface area is 327 Å². The fraction of sp³-hybridized carbons (Fsp3) is 0. The van der Waals surface area contributed by atoms with Crippen LogP contribution in [0.25, 0.3) is 110 Å². The first-order valence-corrected chi connectivity index (χ1v) is 19.5. The molecule has 0 aliphatic rings. The fourth-order valence-electron chi connectivity index (χ4n) is 7.85. The molecule has 262 valence electrons. The molecule has 0 unspecified atom stereocenters. The molecule has 0 fully saturated rings. The van der Waals surface area contributed by atoms with Crippen LogP contribution in [-0.2, 0) is 0 Å². The molecule has 0 aliphatic heterocycles. The number of rotatable bonds is 6. The molecule has 3 aromatic heterocycles. The van der Waals surface area contributed by atoms with Gasteiger partial charge in [0.1, 0.15) is 11.2 Å². The first-order chi connectivity index (χ1) is 27.7. The zero-order valence-corrected chi connectivity index (χ0v) is 30.9. The van der Waals surface area contributed by atoms with Gasteiger partial charge in [0.15, 0.2) is 17.5 Å². The van der Waals surface area contributed by atoms with E-state index in [1.165, 1.54) is 25.7 Å². The van der Waals surface area contributed by atoms with Gasteiger partial charge in [0.2, 0.25) is 0 Å². The van der Waals surface area contributed by atoms with Crippen LogP contribution in [-0.4, -0.2) is 15.0 Å². The number of benzene rings is 8. The van der Waals surface area contributed by atoms with Gasteiger partial charge in [-0.05, 0) is 40.5 Å². The van der Waals surface area contributed by atoms with Crippen molar-refractivity contribution in [3.05, 3.63) is 188 Å². The SMILES string of the molecule is c1ccc(-c2ccc(-c3nc(-c4ccc5c(c4)oc4c(-c6cccc7c6sc6ccccc67)cccc45)nc(-c4ccccc4-c4ccccc4)n3)cc2)cc1.